The van der Waals surface area contributed by atoms with Crippen molar-refractivity contribution in [3.63, 3.8) is 0 Å². The van der Waals surface area contributed by atoms with Crippen LogP contribution in [0.1, 0.15) is 40.7 Å². The highest BCUT2D eigenvalue weighted by atomic mass is 16.3. The fraction of sp³-hybridized carbons (Fsp3) is 0.300. The molecule has 5 heteroatoms. The van der Waals surface area contributed by atoms with Crippen molar-refractivity contribution in [2.45, 2.75) is 26.2 Å². The molecule has 5 nitrogen and oxygen atoms in total. The van der Waals surface area contributed by atoms with Crippen molar-refractivity contribution < 1.29 is 14.7 Å². The molecule has 2 aromatic carbocycles. The van der Waals surface area contributed by atoms with Crippen LogP contribution >= 0.6 is 0 Å². The molecule has 0 radical (unpaired) electrons. The fourth-order valence-corrected chi connectivity index (χ4v) is 2.80. The van der Waals surface area contributed by atoms with E-state index >= 15 is 0 Å². The summed E-state index contributed by atoms with van der Waals surface area (Å²) in [6.45, 7) is 3.86. The number of ketones is 1. The van der Waals surface area contributed by atoms with E-state index in [2.05, 4.69) is 10.6 Å². The summed E-state index contributed by atoms with van der Waals surface area (Å²) in [5.74, 6) is 0.0574. The maximum Gasteiger partial charge on any atom is 0.319 e. The number of Topliss-reactive ketones (excluding diaryl/α,β-unsaturated/α-hetero) is 1. The van der Waals surface area contributed by atoms with Gasteiger partial charge >= 0.3 is 6.03 Å². The van der Waals surface area contributed by atoms with Crippen LogP contribution in [-0.2, 0) is 0 Å². The van der Waals surface area contributed by atoms with E-state index in [1.54, 1.807) is 18.2 Å². The van der Waals surface area contributed by atoms with Crippen LogP contribution in [0.15, 0.2) is 48.5 Å². The molecule has 0 aliphatic heterocycles. The molecule has 25 heavy (non-hydrogen) atoms. The maximum absolute atomic E-state index is 12.1. The van der Waals surface area contributed by atoms with E-state index in [1.807, 2.05) is 37.3 Å². The van der Waals surface area contributed by atoms with Crippen LogP contribution in [0.3, 0.4) is 0 Å². The van der Waals surface area contributed by atoms with Crippen molar-refractivity contribution in [3.05, 3.63) is 65.2 Å². The number of anilines is 1. The minimum atomic E-state index is -0.311. The Balaban J connectivity index is 1.95. The molecule has 132 valence electrons. The van der Waals surface area contributed by atoms with Gasteiger partial charge in [-0.1, -0.05) is 30.3 Å². The molecule has 2 aromatic rings. The predicted molar refractivity (Wildman–Crippen MR) is 99.1 cm³/mol. The number of aliphatic hydroxyl groups excluding tert-OH is 1. The van der Waals surface area contributed by atoms with E-state index in [0.29, 0.717) is 24.2 Å². The number of amides is 2. The number of aliphatic hydroxyl groups is 1. The van der Waals surface area contributed by atoms with E-state index in [4.69, 9.17) is 0 Å². The number of urea groups is 1. The van der Waals surface area contributed by atoms with Crippen molar-refractivity contribution in [2.24, 2.45) is 0 Å². The summed E-state index contributed by atoms with van der Waals surface area (Å²) in [5, 5.41) is 14.9. The van der Waals surface area contributed by atoms with Crippen LogP contribution in [0.4, 0.5) is 10.5 Å². The number of hydrogen-bond acceptors (Lipinski definition) is 3. The summed E-state index contributed by atoms with van der Waals surface area (Å²) >= 11 is 0. The van der Waals surface area contributed by atoms with Crippen LogP contribution in [0.25, 0.3) is 0 Å². The normalized spacial score (nSPS) is 11.6. The van der Waals surface area contributed by atoms with E-state index in [9.17, 15) is 14.7 Å². The molecule has 0 heterocycles. The quantitative estimate of drug-likeness (QED) is 0.675. The molecule has 0 aliphatic rings. The molecule has 0 fully saturated rings. The van der Waals surface area contributed by atoms with E-state index < -0.39 is 0 Å². The first-order valence-corrected chi connectivity index (χ1v) is 8.33. The van der Waals surface area contributed by atoms with E-state index in [0.717, 1.165) is 11.1 Å². The lowest BCUT2D eigenvalue weighted by Crippen LogP contribution is -2.32. The van der Waals surface area contributed by atoms with Crippen LogP contribution < -0.4 is 10.6 Å². The van der Waals surface area contributed by atoms with Gasteiger partial charge in [0.2, 0.25) is 0 Å². The first-order valence-electron chi connectivity index (χ1n) is 8.33. The van der Waals surface area contributed by atoms with Gasteiger partial charge in [-0.05, 0) is 49.6 Å². The van der Waals surface area contributed by atoms with Gasteiger partial charge in [-0.25, -0.2) is 4.79 Å². The summed E-state index contributed by atoms with van der Waals surface area (Å²) in [4.78, 5) is 23.6. The number of nitrogens with one attached hydrogen (secondary N) is 2. The number of hydrogen-bond donors (Lipinski definition) is 3. The highest BCUT2D eigenvalue weighted by Crippen LogP contribution is 2.19. The van der Waals surface area contributed by atoms with Gasteiger partial charge < -0.3 is 15.7 Å². The van der Waals surface area contributed by atoms with Gasteiger partial charge in [0.25, 0.3) is 0 Å². The summed E-state index contributed by atoms with van der Waals surface area (Å²) in [7, 11) is 0. The second-order valence-corrected chi connectivity index (χ2v) is 6.04. The molecule has 0 aliphatic carbocycles. The Labute approximate surface area is 148 Å². The zero-order valence-corrected chi connectivity index (χ0v) is 14.6. The average Bonchev–Trinajstić information content (AvgIpc) is 2.59. The topological polar surface area (TPSA) is 78.4 Å². The molecule has 3 N–H and O–H groups in total. The Morgan fingerprint density at radius 1 is 1.12 bits per heavy atom. The molecule has 0 aromatic heterocycles. The highest BCUT2D eigenvalue weighted by Gasteiger charge is 2.13. The first-order chi connectivity index (χ1) is 12.0. The van der Waals surface area contributed by atoms with E-state index in [1.165, 1.54) is 6.92 Å². The van der Waals surface area contributed by atoms with Gasteiger partial charge in [-0.15, -0.1) is 0 Å². The van der Waals surface area contributed by atoms with Crippen LogP contribution in [0.2, 0.25) is 0 Å². The molecular weight excluding hydrogens is 316 g/mol. The van der Waals surface area contributed by atoms with Crippen LogP contribution in [0.5, 0.6) is 0 Å². The SMILES string of the molecule is CC(=O)c1ccc(NC(=O)NCC(CCO)c2ccccc2)cc1C. The third kappa shape index (κ3) is 5.43. The smallest absolute Gasteiger partial charge is 0.319 e. The first kappa shape index (κ1) is 18.7. The molecule has 0 bridgehead atoms. The Morgan fingerprint density at radius 2 is 1.84 bits per heavy atom. The highest BCUT2D eigenvalue weighted by molar-refractivity contribution is 5.96. The lowest BCUT2D eigenvalue weighted by atomic mass is 9.96. The lowest BCUT2D eigenvalue weighted by Gasteiger charge is -2.17. The maximum atomic E-state index is 12.1. The summed E-state index contributed by atoms with van der Waals surface area (Å²) in [6, 6.07) is 14.7. The fourth-order valence-electron chi connectivity index (χ4n) is 2.80. The van der Waals surface area contributed by atoms with Crippen molar-refractivity contribution in [2.75, 3.05) is 18.5 Å². The molecule has 2 amide bonds. The number of aryl methyl sites for hydroxylation is 1. The zero-order chi connectivity index (χ0) is 18.2. The molecule has 0 saturated carbocycles. The molecule has 2 rings (SSSR count). The third-order valence-electron chi connectivity index (χ3n) is 4.12. The minimum Gasteiger partial charge on any atom is -0.396 e. The molecule has 0 spiro atoms. The summed E-state index contributed by atoms with van der Waals surface area (Å²) in [5.41, 5.74) is 3.20. The van der Waals surface area contributed by atoms with Crippen molar-refractivity contribution >= 4 is 17.5 Å². The molecular formula is C20H24N2O3. The number of carbonyl (C=O) groups is 2. The Kier molecular flexibility index (Phi) is 6.71. The summed E-state index contributed by atoms with van der Waals surface area (Å²) < 4.78 is 0. The van der Waals surface area contributed by atoms with Gasteiger partial charge in [0, 0.05) is 30.3 Å². The number of rotatable bonds is 7. The van der Waals surface area contributed by atoms with Crippen molar-refractivity contribution in [3.8, 4) is 0 Å². The summed E-state index contributed by atoms with van der Waals surface area (Å²) in [6.07, 6.45) is 0.580. The zero-order valence-electron chi connectivity index (χ0n) is 14.6. The van der Waals surface area contributed by atoms with Crippen molar-refractivity contribution in [1.82, 2.24) is 5.32 Å². The van der Waals surface area contributed by atoms with Gasteiger partial charge in [0.15, 0.2) is 5.78 Å². The number of carbonyl (C=O) groups excluding carboxylic acids is 2. The minimum absolute atomic E-state index is 0.00297. The molecule has 1 atom stereocenters. The van der Waals surface area contributed by atoms with E-state index in [-0.39, 0.29) is 24.3 Å². The Morgan fingerprint density at radius 3 is 2.44 bits per heavy atom. The van der Waals surface area contributed by atoms with Gasteiger partial charge in [0.1, 0.15) is 0 Å². The van der Waals surface area contributed by atoms with Crippen molar-refractivity contribution in [1.29, 1.82) is 0 Å². The van der Waals surface area contributed by atoms with Gasteiger partial charge in [0.05, 0.1) is 0 Å². The second-order valence-electron chi connectivity index (χ2n) is 6.04. The lowest BCUT2D eigenvalue weighted by molar-refractivity contribution is 0.101. The molecule has 1 unspecified atom stereocenters. The van der Waals surface area contributed by atoms with Gasteiger partial charge in [-0.2, -0.15) is 0 Å². The Hall–Kier alpha value is -2.66. The Bertz CT molecular complexity index is 729. The monoisotopic (exact) mass is 340 g/mol. The second kappa shape index (κ2) is 8.99. The predicted octanol–water partition coefficient (Wildman–Crippen LogP) is 3.49. The van der Waals surface area contributed by atoms with Gasteiger partial charge in [-0.3, -0.25) is 4.79 Å². The third-order valence-corrected chi connectivity index (χ3v) is 4.12. The van der Waals surface area contributed by atoms with Crippen LogP contribution in [-0.4, -0.2) is 30.1 Å². The largest absolute Gasteiger partial charge is 0.396 e. The number of benzene rings is 2. The standard InChI is InChI=1S/C20H24N2O3/c1-14-12-18(8-9-19(14)15(2)24)22-20(25)21-13-17(10-11-23)16-6-4-3-5-7-16/h3-9,12,17,23H,10-11,13H2,1-2H3,(H2,21,22,25). The van der Waals surface area contributed by atoms with Crippen LogP contribution in [0, 0.1) is 6.92 Å². The molecule has 0 saturated heterocycles. The average molecular weight is 340 g/mol.